The van der Waals surface area contributed by atoms with Crippen LogP contribution in [0.1, 0.15) is 19.8 Å². The number of hydrogen-bond donors (Lipinski definition) is 1. The Hall–Kier alpha value is -3.47. The molecule has 0 radical (unpaired) electrons. The monoisotopic (exact) mass is 362 g/mol. The molecular weight excluding hydrogens is 344 g/mol. The molecule has 0 saturated heterocycles. The van der Waals surface area contributed by atoms with Crippen molar-refractivity contribution >= 4 is 16.9 Å². The van der Waals surface area contributed by atoms with Crippen molar-refractivity contribution < 1.29 is 4.79 Å². The lowest BCUT2D eigenvalue weighted by Crippen LogP contribution is -2.48. The highest BCUT2D eigenvalue weighted by Gasteiger charge is 2.43. The summed E-state index contributed by atoms with van der Waals surface area (Å²) in [6.07, 6.45) is 4.65. The molecule has 3 aromatic rings. The van der Waals surface area contributed by atoms with Crippen molar-refractivity contribution in [2.24, 2.45) is 5.92 Å². The molecule has 8 nitrogen and oxygen atoms in total. The van der Waals surface area contributed by atoms with Gasteiger partial charge in [-0.05, 0) is 37.8 Å². The summed E-state index contributed by atoms with van der Waals surface area (Å²) in [6.45, 7) is 1.53. The molecule has 1 aliphatic carbocycles. The predicted molar refractivity (Wildman–Crippen MR) is 98.0 cm³/mol. The Labute approximate surface area is 155 Å². The molecule has 4 rings (SSSR count). The second kappa shape index (κ2) is 6.36. The van der Waals surface area contributed by atoms with Crippen LogP contribution >= 0.6 is 0 Å². The lowest BCUT2D eigenvalue weighted by molar-refractivity contribution is -0.123. The third kappa shape index (κ3) is 3.08. The van der Waals surface area contributed by atoms with Gasteiger partial charge < -0.3 is 5.32 Å². The zero-order valence-corrected chi connectivity index (χ0v) is 14.8. The number of nitrogens with one attached hydrogen (secondary N) is 1. The topological polar surface area (TPSA) is 106 Å². The van der Waals surface area contributed by atoms with E-state index in [1.54, 1.807) is 11.6 Å². The highest BCUT2D eigenvalue weighted by molar-refractivity contribution is 5.78. The molecule has 27 heavy (non-hydrogen) atoms. The Morgan fingerprint density at radius 3 is 2.78 bits per heavy atom. The number of nitrogens with zero attached hydrogens (tertiary/aromatic N) is 5. The van der Waals surface area contributed by atoms with Crippen LogP contribution in [0.25, 0.3) is 16.7 Å². The van der Waals surface area contributed by atoms with Crippen molar-refractivity contribution in [2.45, 2.75) is 31.8 Å². The third-order valence-electron chi connectivity index (χ3n) is 4.89. The summed E-state index contributed by atoms with van der Waals surface area (Å²) in [6, 6.07) is 11.6. The van der Waals surface area contributed by atoms with Crippen molar-refractivity contribution in [1.82, 2.24) is 24.6 Å². The van der Waals surface area contributed by atoms with Crippen LogP contribution in [-0.2, 0) is 11.3 Å². The van der Waals surface area contributed by atoms with Crippen molar-refractivity contribution in [3.8, 4) is 11.8 Å². The van der Waals surface area contributed by atoms with E-state index in [-0.39, 0.29) is 23.9 Å². The highest BCUT2D eigenvalue weighted by Crippen LogP contribution is 2.39. The van der Waals surface area contributed by atoms with Gasteiger partial charge in [0.1, 0.15) is 23.8 Å². The zero-order chi connectivity index (χ0) is 19.0. The molecule has 0 aliphatic heterocycles. The van der Waals surface area contributed by atoms with E-state index in [0.717, 1.165) is 18.5 Å². The minimum absolute atomic E-state index is 0.174. The van der Waals surface area contributed by atoms with Gasteiger partial charge in [-0.2, -0.15) is 10.4 Å². The molecule has 0 spiro atoms. The number of benzene rings is 1. The lowest BCUT2D eigenvalue weighted by Gasteiger charge is -2.22. The van der Waals surface area contributed by atoms with Gasteiger partial charge in [-0.3, -0.25) is 14.2 Å². The number of rotatable bonds is 5. The van der Waals surface area contributed by atoms with Crippen LogP contribution in [0.2, 0.25) is 0 Å². The average Bonchev–Trinajstić information content (AvgIpc) is 3.45. The standard InChI is InChI=1S/C19H18N6O2/c1-19(11-20,13-7-8-13)23-16(26)10-24-12-21-17-15(18(24)27)9-22-25(17)14-5-3-2-4-6-14/h2-6,9,12-13H,7-8,10H2,1H3,(H,23,26)/t19-/m1/s1. The number of carbonyl (C=O) groups is 1. The van der Waals surface area contributed by atoms with Crippen LogP contribution in [0.3, 0.4) is 0 Å². The van der Waals surface area contributed by atoms with Gasteiger partial charge in [-0.25, -0.2) is 9.67 Å². The summed E-state index contributed by atoms with van der Waals surface area (Å²) >= 11 is 0. The third-order valence-corrected chi connectivity index (χ3v) is 4.89. The number of hydrogen-bond acceptors (Lipinski definition) is 5. The van der Waals surface area contributed by atoms with Gasteiger partial charge in [0.15, 0.2) is 5.65 Å². The zero-order valence-electron chi connectivity index (χ0n) is 14.8. The van der Waals surface area contributed by atoms with Crippen LogP contribution in [0, 0.1) is 17.2 Å². The molecule has 1 N–H and O–H groups in total. The van der Waals surface area contributed by atoms with Crippen LogP contribution in [0.15, 0.2) is 47.7 Å². The summed E-state index contributed by atoms with van der Waals surface area (Å²) in [7, 11) is 0. The second-order valence-electron chi connectivity index (χ2n) is 6.94. The Kier molecular flexibility index (Phi) is 4.00. The molecular formula is C19H18N6O2. The predicted octanol–water partition coefficient (Wildman–Crippen LogP) is 1.39. The van der Waals surface area contributed by atoms with Gasteiger partial charge >= 0.3 is 0 Å². The maximum atomic E-state index is 12.7. The van der Waals surface area contributed by atoms with Crippen molar-refractivity contribution in [2.75, 3.05) is 0 Å². The highest BCUT2D eigenvalue weighted by atomic mass is 16.2. The van der Waals surface area contributed by atoms with Gasteiger partial charge in [0, 0.05) is 0 Å². The first-order valence-corrected chi connectivity index (χ1v) is 8.73. The van der Waals surface area contributed by atoms with Gasteiger partial charge in [-0.1, -0.05) is 18.2 Å². The summed E-state index contributed by atoms with van der Waals surface area (Å²) in [5, 5.41) is 16.7. The number of fused-ring (bicyclic) bond motifs is 1. The van der Waals surface area contributed by atoms with Gasteiger partial charge in [-0.15, -0.1) is 0 Å². The van der Waals surface area contributed by atoms with E-state index < -0.39 is 5.54 Å². The molecule has 8 heteroatoms. The van der Waals surface area contributed by atoms with Crippen molar-refractivity contribution in [3.63, 3.8) is 0 Å². The van der Waals surface area contributed by atoms with Crippen LogP contribution in [-0.4, -0.2) is 30.8 Å². The van der Waals surface area contributed by atoms with Crippen molar-refractivity contribution in [1.29, 1.82) is 5.26 Å². The Morgan fingerprint density at radius 2 is 2.11 bits per heavy atom. The SMILES string of the molecule is C[C@](C#N)(NC(=O)Cn1cnc2c(cnn2-c2ccccc2)c1=O)C1CC1. The van der Waals surface area contributed by atoms with E-state index in [9.17, 15) is 14.9 Å². The molecule has 1 saturated carbocycles. The summed E-state index contributed by atoms with van der Waals surface area (Å²) < 4.78 is 2.82. The molecule has 1 aliphatic rings. The summed E-state index contributed by atoms with van der Waals surface area (Å²) in [4.78, 5) is 29.4. The Morgan fingerprint density at radius 1 is 1.37 bits per heavy atom. The van der Waals surface area contributed by atoms with E-state index in [1.165, 1.54) is 17.1 Å². The molecule has 0 unspecified atom stereocenters. The average molecular weight is 362 g/mol. The Balaban J connectivity index is 1.60. The van der Waals surface area contributed by atoms with Crippen LogP contribution < -0.4 is 10.9 Å². The lowest BCUT2D eigenvalue weighted by atomic mass is 9.98. The summed E-state index contributed by atoms with van der Waals surface area (Å²) in [5.41, 5.74) is -0.00890. The molecule has 1 aromatic carbocycles. The van der Waals surface area contributed by atoms with E-state index in [4.69, 9.17) is 0 Å². The maximum absolute atomic E-state index is 12.7. The first-order valence-electron chi connectivity index (χ1n) is 8.73. The van der Waals surface area contributed by atoms with Gasteiger partial charge in [0.25, 0.3) is 5.56 Å². The van der Waals surface area contributed by atoms with Gasteiger partial charge in [0.05, 0.1) is 18.0 Å². The number of para-hydroxylation sites is 1. The number of nitriles is 1. The minimum Gasteiger partial charge on any atom is -0.336 e. The fraction of sp³-hybridized carbons (Fsp3) is 0.316. The smallest absolute Gasteiger partial charge is 0.264 e. The Bertz CT molecular complexity index is 1110. The molecule has 1 fully saturated rings. The molecule has 136 valence electrons. The van der Waals surface area contributed by atoms with E-state index in [0.29, 0.717) is 11.0 Å². The summed E-state index contributed by atoms with van der Waals surface area (Å²) in [5.74, 6) is -0.211. The molecule has 2 aromatic heterocycles. The normalized spacial score (nSPS) is 15.9. The van der Waals surface area contributed by atoms with E-state index >= 15 is 0 Å². The first kappa shape index (κ1) is 17.0. The number of aromatic nitrogens is 4. The molecule has 1 atom stereocenters. The molecule has 1 amide bonds. The van der Waals surface area contributed by atoms with E-state index in [2.05, 4.69) is 21.5 Å². The second-order valence-corrected chi connectivity index (χ2v) is 6.94. The van der Waals surface area contributed by atoms with Gasteiger partial charge in [0.2, 0.25) is 5.91 Å². The molecule has 0 bridgehead atoms. The van der Waals surface area contributed by atoms with Crippen molar-refractivity contribution in [3.05, 3.63) is 53.2 Å². The van der Waals surface area contributed by atoms with E-state index in [1.807, 2.05) is 30.3 Å². The molecule has 2 heterocycles. The quantitative estimate of drug-likeness (QED) is 0.738. The number of amides is 1. The number of carbonyl (C=O) groups excluding carboxylic acids is 1. The largest absolute Gasteiger partial charge is 0.336 e. The minimum atomic E-state index is -0.892. The first-order chi connectivity index (χ1) is 13.0. The maximum Gasteiger partial charge on any atom is 0.264 e. The van der Waals surface area contributed by atoms with Crippen LogP contribution in [0.4, 0.5) is 0 Å². The fourth-order valence-corrected chi connectivity index (χ4v) is 3.19. The van der Waals surface area contributed by atoms with Crippen LogP contribution in [0.5, 0.6) is 0 Å². The fourth-order valence-electron chi connectivity index (χ4n) is 3.19.